The molecule has 23 heavy (non-hydrogen) atoms. The number of esters is 2. The minimum atomic E-state index is -0.637. The number of hydrogen-bond donors (Lipinski definition) is 0. The van der Waals surface area contributed by atoms with Crippen molar-refractivity contribution in [3.05, 3.63) is 34.3 Å². The molecule has 0 heterocycles. The van der Waals surface area contributed by atoms with Crippen LogP contribution in [0.15, 0.2) is 28.7 Å². The third-order valence-electron chi connectivity index (χ3n) is 3.05. The fraction of sp³-hybridized carbons (Fsp3) is 0.529. The van der Waals surface area contributed by atoms with Crippen LogP contribution in [-0.4, -0.2) is 31.8 Å². The summed E-state index contributed by atoms with van der Waals surface area (Å²) >= 11 is 3.36. The summed E-state index contributed by atoms with van der Waals surface area (Å²) in [6.45, 7) is 5.09. The van der Waals surface area contributed by atoms with Gasteiger partial charge in [-0.05, 0) is 38.0 Å². The summed E-state index contributed by atoms with van der Waals surface area (Å²) < 4.78 is 16.5. The molecule has 0 aromatic heterocycles. The van der Waals surface area contributed by atoms with Crippen LogP contribution in [0.25, 0.3) is 0 Å². The first-order valence-electron chi connectivity index (χ1n) is 7.75. The van der Waals surface area contributed by atoms with E-state index in [-0.39, 0.29) is 24.8 Å². The van der Waals surface area contributed by atoms with Gasteiger partial charge >= 0.3 is 11.9 Å². The summed E-state index contributed by atoms with van der Waals surface area (Å²) in [5.41, 5.74) is 0.763. The van der Waals surface area contributed by atoms with Gasteiger partial charge in [-0.1, -0.05) is 28.1 Å². The van der Waals surface area contributed by atoms with Crippen LogP contribution in [0.5, 0.6) is 0 Å². The Balaban J connectivity index is 2.65. The topological polar surface area (TPSA) is 61.8 Å². The Morgan fingerprint density at radius 1 is 1.09 bits per heavy atom. The van der Waals surface area contributed by atoms with E-state index in [1.165, 1.54) is 0 Å². The maximum Gasteiger partial charge on any atom is 0.309 e. The lowest BCUT2D eigenvalue weighted by Gasteiger charge is -2.18. The molecule has 0 spiro atoms. The maximum atomic E-state index is 12.0. The molecule has 6 heteroatoms. The summed E-state index contributed by atoms with van der Waals surface area (Å²) in [5, 5.41) is 0. The van der Waals surface area contributed by atoms with Crippen molar-refractivity contribution in [1.29, 1.82) is 0 Å². The van der Waals surface area contributed by atoms with Crippen molar-refractivity contribution in [2.45, 2.75) is 39.2 Å². The van der Waals surface area contributed by atoms with E-state index >= 15 is 0 Å². The lowest BCUT2D eigenvalue weighted by atomic mass is 10.1. The summed E-state index contributed by atoms with van der Waals surface area (Å²) in [4.78, 5) is 23.7. The minimum Gasteiger partial charge on any atom is -0.466 e. The molecule has 0 aliphatic heterocycles. The number of carbonyl (C=O) groups excluding carboxylic acids is 2. The largest absolute Gasteiger partial charge is 0.466 e. The Morgan fingerprint density at radius 3 is 2.39 bits per heavy atom. The molecule has 1 unspecified atom stereocenters. The van der Waals surface area contributed by atoms with Gasteiger partial charge in [0.2, 0.25) is 0 Å². The predicted octanol–water partition coefficient (Wildman–Crippen LogP) is 3.80. The zero-order valence-corrected chi connectivity index (χ0v) is 15.1. The van der Waals surface area contributed by atoms with E-state index < -0.39 is 6.10 Å². The fourth-order valence-electron chi connectivity index (χ4n) is 1.96. The van der Waals surface area contributed by atoms with Gasteiger partial charge in [0.1, 0.15) is 6.10 Å². The minimum absolute atomic E-state index is 0.00662. The van der Waals surface area contributed by atoms with Gasteiger partial charge in [-0.2, -0.15) is 0 Å². The third-order valence-corrected chi connectivity index (χ3v) is 3.58. The highest BCUT2D eigenvalue weighted by atomic mass is 79.9. The van der Waals surface area contributed by atoms with Crippen molar-refractivity contribution in [3.8, 4) is 0 Å². The van der Waals surface area contributed by atoms with E-state index in [9.17, 15) is 9.59 Å². The molecule has 1 aromatic carbocycles. The Labute approximate surface area is 145 Å². The Hall–Kier alpha value is -1.40. The van der Waals surface area contributed by atoms with Gasteiger partial charge in [0, 0.05) is 24.1 Å². The van der Waals surface area contributed by atoms with E-state index in [1.54, 1.807) is 6.92 Å². The zero-order valence-electron chi connectivity index (χ0n) is 13.5. The molecule has 0 radical (unpaired) electrons. The molecule has 0 bridgehead atoms. The number of ether oxygens (including phenoxy) is 3. The van der Waals surface area contributed by atoms with Crippen molar-refractivity contribution < 1.29 is 23.8 Å². The Kier molecular flexibility index (Phi) is 9.55. The quantitative estimate of drug-likeness (QED) is 0.451. The molecule has 0 aliphatic rings. The second kappa shape index (κ2) is 11.2. The monoisotopic (exact) mass is 386 g/mol. The van der Waals surface area contributed by atoms with E-state index in [0.717, 1.165) is 10.0 Å². The van der Waals surface area contributed by atoms with Gasteiger partial charge in [0.05, 0.1) is 13.0 Å². The van der Waals surface area contributed by atoms with Crippen molar-refractivity contribution in [1.82, 2.24) is 0 Å². The zero-order chi connectivity index (χ0) is 17.1. The van der Waals surface area contributed by atoms with Gasteiger partial charge in [-0.3, -0.25) is 9.59 Å². The summed E-state index contributed by atoms with van der Waals surface area (Å²) in [6, 6.07) is 7.33. The third kappa shape index (κ3) is 8.13. The Bertz CT molecular complexity index is 486. The smallest absolute Gasteiger partial charge is 0.309 e. The van der Waals surface area contributed by atoms with E-state index in [2.05, 4.69) is 15.9 Å². The normalized spacial score (nSPS) is 11.8. The lowest BCUT2D eigenvalue weighted by Crippen LogP contribution is -2.17. The summed E-state index contributed by atoms with van der Waals surface area (Å²) in [7, 11) is 0. The average molecular weight is 387 g/mol. The number of halogens is 1. The van der Waals surface area contributed by atoms with Gasteiger partial charge in [0.15, 0.2) is 0 Å². The van der Waals surface area contributed by atoms with Crippen molar-refractivity contribution >= 4 is 27.9 Å². The molecule has 1 atom stereocenters. The van der Waals surface area contributed by atoms with Gasteiger partial charge in [0.25, 0.3) is 0 Å². The van der Waals surface area contributed by atoms with Crippen molar-refractivity contribution in [2.75, 3.05) is 19.8 Å². The molecule has 1 aromatic rings. The molecule has 0 N–H and O–H groups in total. The number of benzene rings is 1. The molecule has 1 rings (SSSR count). The standard InChI is InChI=1S/C17H23BrO5/c1-3-21-11-5-6-16(19)23-15(12-17(20)22-4-2)13-7-9-14(18)10-8-13/h7-10,15H,3-6,11-12H2,1-2H3. The van der Waals surface area contributed by atoms with Crippen molar-refractivity contribution in [2.24, 2.45) is 0 Å². The van der Waals surface area contributed by atoms with Gasteiger partial charge in [-0.25, -0.2) is 0 Å². The number of rotatable bonds is 10. The van der Waals surface area contributed by atoms with Crippen molar-refractivity contribution in [3.63, 3.8) is 0 Å². The van der Waals surface area contributed by atoms with Crippen LogP contribution in [0.1, 0.15) is 44.8 Å². The number of hydrogen-bond acceptors (Lipinski definition) is 5. The second-order valence-corrected chi connectivity index (χ2v) is 5.76. The highest BCUT2D eigenvalue weighted by molar-refractivity contribution is 9.10. The van der Waals surface area contributed by atoms with Gasteiger partial charge < -0.3 is 14.2 Å². The summed E-state index contributed by atoms with van der Waals surface area (Å²) in [5.74, 6) is -0.732. The second-order valence-electron chi connectivity index (χ2n) is 4.84. The number of carbonyl (C=O) groups is 2. The highest BCUT2D eigenvalue weighted by Crippen LogP contribution is 2.24. The van der Waals surface area contributed by atoms with Crippen LogP contribution >= 0.6 is 15.9 Å². The van der Waals surface area contributed by atoms with Gasteiger partial charge in [-0.15, -0.1) is 0 Å². The predicted molar refractivity (Wildman–Crippen MR) is 90.0 cm³/mol. The first-order chi connectivity index (χ1) is 11.1. The molecule has 0 saturated heterocycles. The fourth-order valence-corrected chi connectivity index (χ4v) is 2.22. The average Bonchev–Trinajstić information content (AvgIpc) is 2.52. The van der Waals surface area contributed by atoms with Crippen LogP contribution in [-0.2, 0) is 23.8 Å². The lowest BCUT2D eigenvalue weighted by molar-refractivity contribution is -0.155. The van der Waals surface area contributed by atoms with Crippen LogP contribution in [0, 0.1) is 0 Å². The molecular weight excluding hydrogens is 364 g/mol. The van der Waals surface area contributed by atoms with Crippen LogP contribution in [0.3, 0.4) is 0 Å². The van der Waals surface area contributed by atoms with E-state index in [4.69, 9.17) is 14.2 Å². The SMILES string of the molecule is CCOCCCC(=O)OC(CC(=O)OCC)c1ccc(Br)cc1. The molecule has 5 nitrogen and oxygen atoms in total. The Morgan fingerprint density at radius 2 is 1.78 bits per heavy atom. The first kappa shape index (κ1) is 19.6. The highest BCUT2D eigenvalue weighted by Gasteiger charge is 2.21. The molecule has 128 valence electrons. The van der Waals surface area contributed by atoms with Crippen LogP contribution < -0.4 is 0 Å². The molecular formula is C17H23BrO5. The first-order valence-corrected chi connectivity index (χ1v) is 8.54. The summed E-state index contributed by atoms with van der Waals surface area (Å²) in [6.07, 6.45) is 0.225. The van der Waals surface area contributed by atoms with E-state index in [0.29, 0.717) is 26.2 Å². The van der Waals surface area contributed by atoms with Crippen LogP contribution in [0.4, 0.5) is 0 Å². The molecule has 0 aliphatic carbocycles. The molecule has 0 amide bonds. The molecule has 0 fully saturated rings. The van der Waals surface area contributed by atoms with E-state index in [1.807, 2.05) is 31.2 Å². The van der Waals surface area contributed by atoms with Crippen LogP contribution in [0.2, 0.25) is 0 Å². The maximum absolute atomic E-state index is 12.0. The molecule has 0 saturated carbocycles.